The highest BCUT2D eigenvalue weighted by atomic mass is 16.6. The first-order valence-electron chi connectivity index (χ1n) is 13.5. The second-order valence-corrected chi connectivity index (χ2v) is 11.7. The maximum atomic E-state index is 12.5. The van der Waals surface area contributed by atoms with Gasteiger partial charge in [-0.25, -0.2) is 4.79 Å². The molecule has 0 saturated carbocycles. The lowest BCUT2D eigenvalue weighted by atomic mass is 9.93. The van der Waals surface area contributed by atoms with Crippen LogP contribution < -0.4 is 16.0 Å². The Hall–Kier alpha value is -3.33. The predicted molar refractivity (Wildman–Crippen MR) is 151 cm³/mol. The van der Waals surface area contributed by atoms with E-state index in [1.807, 2.05) is 26.8 Å². The summed E-state index contributed by atoms with van der Waals surface area (Å²) >= 11 is 0. The Morgan fingerprint density at radius 2 is 1.79 bits per heavy atom. The van der Waals surface area contributed by atoms with Crippen LogP contribution in [0.15, 0.2) is 36.5 Å². The van der Waals surface area contributed by atoms with Crippen LogP contribution in [0.25, 0.3) is 0 Å². The molecule has 0 unspecified atom stereocenters. The van der Waals surface area contributed by atoms with E-state index in [2.05, 4.69) is 58.3 Å². The van der Waals surface area contributed by atoms with Gasteiger partial charge in [0, 0.05) is 69.3 Å². The van der Waals surface area contributed by atoms with E-state index in [-0.39, 0.29) is 18.1 Å². The van der Waals surface area contributed by atoms with E-state index in [1.54, 1.807) is 11.1 Å². The van der Waals surface area contributed by atoms with Crippen molar-refractivity contribution >= 4 is 23.4 Å². The molecule has 2 saturated heterocycles. The normalized spacial score (nSPS) is 20.8. The SMILES string of the molecule is C[C@H]1CN(C(=O)OC(C)(C)C)CC[C@H]1Nc1cc(Cc2ccc(N3CCN(C)CC3)cc2)ncc1C(N)=O. The van der Waals surface area contributed by atoms with Crippen LogP contribution in [0, 0.1) is 5.92 Å². The summed E-state index contributed by atoms with van der Waals surface area (Å²) in [6.07, 6.45) is 2.68. The fourth-order valence-corrected chi connectivity index (χ4v) is 5.06. The molecule has 1 aromatic carbocycles. The lowest BCUT2D eigenvalue weighted by Crippen LogP contribution is -2.49. The van der Waals surface area contributed by atoms with Gasteiger partial charge >= 0.3 is 6.09 Å². The number of nitrogens with one attached hydrogen (secondary N) is 1. The number of benzene rings is 1. The molecule has 2 aliphatic heterocycles. The largest absolute Gasteiger partial charge is 0.444 e. The Bertz CT molecular complexity index is 1120. The van der Waals surface area contributed by atoms with Gasteiger partial charge in [-0.15, -0.1) is 0 Å². The third kappa shape index (κ3) is 7.16. The number of carbonyl (C=O) groups excluding carboxylic acids is 2. The van der Waals surface area contributed by atoms with Gasteiger partial charge in [0.05, 0.1) is 11.3 Å². The number of likely N-dealkylation sites (N-methyl/N-ethyl adjacent to an activating group) is 1. The van der Waals surface area contributed by atoms with E-state index < -0.39 is 11.5 Å². The van der Waals surface area contributed by atoms with Crippen molar-refractivity contribution < 1.29 is 14.3 Å². The number of piperazine rings is 1. The third-order valence-corrected chi connectivity index (χ3v) is 7.31. The minimum absolute atomic E-state index is 0.0879. The van der Waals surface area contributed by atoms with Gasteiger partial charge in [-0.3, -0.25) is 9.78 Å². The first-order chi connectivity index (χ1) is 18.0. The molecule has 4 rings (SSSR count). The molecular weight excluding hydrogens is 480 g/mol. The predicted octanol–water partition coefficient (Wildman–Crippen LogP) is 3.58. The zero-order chi connectivity index (χ0) is 27.4. The highest BCUT2D eigenvalue weighted by Crippen LogP contribution is 2.26. The molecule has 2 aromatic rings. The molecule has 1 aromatic heterocycles. The zero-order valence-electron chi connectivity index (χ0n) is 23.4. The van der Waals surface area contributed by atoms with Crippen LogP contribution in [0.4, 0.5) is 16.2 Å². The molecule has 9 heteroatoms. The molecule has 206 valence electrons. The molecule has 3 heterocycles. The van der Waals surface area contributed by atoms with Crippen LogP contribution in [0.1, 0.15) is 55.7 Å². The number of pyridine rings is 1. The standard InChI is InChI=1S/C29H42N6O3/c1-20-19-35(28(37)38-29(2,3)4)11-10-25(20)32-26-17-22(31-18-24(26)27(30)36)16-21-6-8-23(9-7-21)34-14-12-33(5)13-15-34/h6-9,17-18,20,25H,10-16,19H2,1-5H3,(H2,30,36)(H,31,32)/t20-,25+/m0/s1. The van der Waals surface area contributed by atoms with Crippen LogP contribution in [-0.2, 0) is 11.2 Å². The second kappa shape index (κ2) is 11.6. The summed E-state index contributed by atoms with van der Waals surface area (Å²) in [6.45, 7) is 13.1. The van der Waals surface area contributed by atoms with E-state index in [0.29, 0.717) is 30.8 Å². The first kappa shape index (κ1) is 27.7. The van der Waals surface area contributed by atoms with Crippen molar-refractivity contribution in [1.29, 1.82) is 0 Å². The van der Waals surface area contributed by atoms with Crippen molar-refractivity contribution in [2.45, 2.75) is 52.2 Å². The van der Waals surface area contributed by atoms with Gasteiger partial charge in [0.15, 0.2) is 0 Å². The van der Waals surface area contributed by atoms with Crippen LogP contribution in [0.3, 0.4) is 0 Å². The molecule has 2 amide bonds. The van der Waals surface area contributed by atoms with E-state index in [0.717, 1.165) is 43.9 Å². The highest BCUT2D eigenvalue weighted by Gasteiger charge is 2.31. The third-order valence-electron chi connectivity index (χ3n) is 7.31. The molecule has 0 spiro atoms. The number of likely N-dealkylation sites (tertiary alicyclic amines) is 1. The summed E-state index contributed by atoms with van der Waals surface area (Å²) in [6, 6.07) is 10.7. The minimum Gasteiger partial charge on any atom is -0.444 e. The van der Waals surface area contributed by atoms with Crippen LogP contribution >= 0.6 is 0 Å². The maximum Gasteiger partial charge on any atom is 0.410 e. The van der Waals surface area contributed by atoms with E-state index in [4.69, 9.17) is 10.5 Å². The number of rotatable bonds is 6. The van der Waals surface area contributed by atoms with E-state index in [1.165, 1.54) is 5.69 Å². The van der Waals surface area contributed by atoms with Gasteiger partial charge in [-0.1, -0.05) is 19.1 Å². The summed E-state index contributed by atoms with van der Waals surface area (Å²) in [5, 5.41) is 3.54. The summed E-state index contributed by atoms with van der Waals surface area (Å²) in [7, 11) is 2.16. The van der Waals surface area contributed by atoms with Crippen LogP contribution in [-0.4, -0.2) is 84.7 Å². The molecule has 2 fully saturated rings. The fraction of sp³-hybridized carbons (Fsp3) is 0.552. The van der Waals surface area contributed by atoms with Crippen molar-refractivity contribution in [3.8, 4) is 0 Å². The highest BCUT2D eigenvalue weighted by molar-refractivity contribution is 5.98. The number of amides is 2. The lowest BCUT2D eigenvalue weighted by molar-refractivity contribution is 0.0165. The number of hydrogen-bond donors (Lipinski definition) is 2. The number of aromatic nitrogens is 1. The van der Waals surface area contributed by atoms with E-state index >= 15 is 0 Å². The van der Waals surface area contributed by atoms with Gasteiger partial charge in [0.2, 0.25) is 0 Å². The average molecular weight is 523 g/mol. The van der Waals surface area contributed by atoms with Gasteiger partial charge < -0.3 is 30.5 Å². The summed E-state index contributed by atoms with van der Waals surface area (Å²) in [4.78, 5) is 35.7. The topological polar surface area (TPSA) is 104 Å². The van der Waals surface area contributed by atoms with Crippen LogP contribution in [0.5, 0.6) is 0 Å². The molecule has 0 bridgehead atoms. The number of nitrogens with zero attached hydrogens (tertiary/aromatic N) is 4. The lowest BCUT2D eigenvalue weighted by Gasteiger charge is -2.38. The fourth-order valence-electron chi connectivity index (χ4n) is 5.06. The second-order valence-electron chi connectivity index (χ2n) is 11.7. The van der Waals surface area contributed by atoms with Gasteiger partial charge in [0.25, 0.3) is 5.91 Å². The first-order valence-corrected chi connectivity index (χ1v) is 13.5. The smallest absolute Gasteiger partial charge is 0.410 e. The Labute approximate surface area is 226 Å². The number of carbonyl (C=O) groups is 2. The van der Waals surface area contributed by atoms with Gasteiger partial charge in [-0.05, 0) is 63.9 Å². The molecule has 3 N–H and O–H groups in total. The van der Waals surface area contributed by atoms with Crippen molar-refractivity contribution in [3.05, 3.63) is 53.3 Å². The van der Waals surface area contributed by atoms with Gasteiger partial charge in [-0.2, -0.15) is 0 Å². The molecule has 2 aliphatic rings. The maximum absolute atomic E-state index is 12.5. The monoisotopic (exact) mass is 522 g/mol. The Balaban J connectivity index is 1.42. The number of primary amides is 1. The number of piperidine rings is 1. The molecular formula is C29H42N6O3. The quantitative estimate of drug-likeness (QED) is 0.598. The Kier molecular flexibility index (Phi) is 8.45. The number of ether oxygens (including phenoxy) is 1. The molecule has 2 atom stereocenters. The van der Waals surface area contributed by atoms with E-state index in [9.17, 15) is 9.59 Å². The minimum atomic E-state index is -0.524. The van der Waals surface area contributed by atoms with Gasteiger partial charge in [0.1, 0.15) is 5.60 Å². The van der Waals surface area contributed by atoms with Crippen LogP contribution in [0.2, 0.25) is 0 Å². The number of hydrogen-bond acceptors (Lipinski definition) is 7. The summed E-state index contributed by atoms with van der Waals surface area (Å²) in [5.74, 6) is -0.349. The Morgan fingerprint density at radius 3 is 2.39 bits per heavy atom. The van der Waals surface area contributed by atoms with Crippen molar-refractivity contribution in [3.63, 3.8) is 0 Å². The summed E-state index contributed by atoms with van der Waals surface area (Å²) in [5.41, 5.74) is 9.49. The molecule has 38 heavy (non-hydrogen) atoms. The average Bonchev–Trinajstić information content (AvgIpc) is 2.85. The number of nitrogens with two attached hydrogens (primary N) is 1. The van der Waals surface area contributed by atoms with Crippen molar-refractivity contribution in [1.82, 2.24) is 14.8 Å². The summed E-state index contributed by atoms with van der Waals surface area (Å²) < 4.78 is 5.54. The molecule has 0 aliphatic carbocycles. The molecule has 9 nitrogen and oxygen atoms in total. The van der Waals surface area contributed by atoms with Crippen molar-refractivity contribution in [2.75, 3.05) is 56.5 Å². The molecule has 0 radical (unpaired) electrons. The zero-order valence-corrected chi connectivity index (χ0v) is 23.4. The van der Waals surface area contributed by atoms with Crippen molar-refractivity contribution in [2.24, 2.45) is 11.7 Å². The number of anilines is 2. The Morgan fingerprint density at radius 1 is 1.11 bits per heavy atom.